The van der Waals surface area contributed by atoms with E-state index >= 15 is 0 Å². The third-order valence-corrected chi connectivity index (χ3v) is 6.58. The summed E-state index contributed by atoms with van der Waals surface area (Å²) in [6.07, 6.45) is 1.40. The molecular weight excluding hydrogens is 348 g/mol. The molecule has 0 bridgehead atoms. The van der Waals surface area contributed by atoms with E-state index in [1.807, 2.05) is 61.5 Å². The van der Waals surface area contributed by atoms with Gasteiger partial charge in [-0.3, -0.25) is 4.79 Å². The molecule has 1 aliphatic heterocycles. The molecule has 1 aliphatic rings. The maximum Gasteiger partial charge on any atom is 0.228 e. The molecule has 1 heterocycles. The maximum atomic E-state index is 12.8. The fourth-order valence-corrected chi connectivity index (χ4v) is 4.95. The first-order valence-corrected chi connectivity index (χ1v) is 10.4. The summed E-state index contributed by atoms with van der Waals surface area (Å²) in [5, 5.41) is 2.88. The number of anilines is 1. The summed E-state index contributed by atoms with van der Waals surface area (Å²) < 4.78 is 27.1. The quantitative estimate of drug-likeness (QED) is 0.877. The Morgan fingerprint density at radius 3 is 2.54 bits per heavy atom. The molecule has 0 aliphatic carbocycles. The molecular formula is C20H24N2O3S. The summed E-state index contributed by atoms with van der Waals surface area (Å²) in [5.41, 5.74) is 2.51. The molecule has 5 nitrogen and oxygen atoms in total. The van der Waals surface area contributed by atoms with Gasteiger partial charge in [0.15, 0.2) is 0 Å². The van der Waals surface area contributed by atoms with Gasteiger partial charge in [-0.25, -0.2) is 12.7 Å². The SMILES string of the molecule is Cc1ccccc1CS(=O)(=O)N1CCCC(C(=O)Nc2ccccc2)C1. The Morgan fingerprint density at radius 1 is 1.12 bits per heavy atom. The predicted octanol–water partition coefficient (Wildman–Crippen LogP) is 3.18. The minimum atomic E-state index is -3.44. The first-order chi connectivity index (χ1) is 12.5. The van der Waals surface area contributed by atoms with Crippen LogP contribution < -0.4 is 5.32 Å². The van der Waals surface area contributed by atoms with Crippen molar-refractivity contribution in [3.63, 3.8) is 0 Å². The van der Waals surface area contributed by atoms with Crippen LogP contribution in [0.4, 0.5) is 5.69 Å². The van der Waals surface area contributed by atoms with Gasteiger partial charge in [-0.05, 0) is 43.0 Å². The Kier molecular flexibility index (Phi) is 5.74. The van der Waals surface area contributed by atoms with E-state index in [2.05, 4.69) is 5.32 Å². The second-order valence-corrected chi connectivity index (χ2v) is 8.70. The number of nitrogens with one attached hydrogen (secondary N) is 1. The van der Waals surface area contributed by atoms with E-state index in [-0.39, 0.29) is 24.1 Å². The third kappa shape index (κ3) is 4.51. The first-order valence-electron chi connectivity index (χ1n) is 8.84. The number of hydrogen-bond acceptors (Lipinski definition) is 3. The molecule has 0 spiro atoms. The number of aryl methyl sites for hydroxylation is 1. The lowest BCUT2D eigenvalue weighted by Crippen LogP contribution is -2.44. The summed E-state index contributed by atoms with van der Waals surface area (Å²) in [4.78, 5) is 12.5. The van der Waals surface area contributed by atoms with Crippen molar-refractivity contribution in [1.29, 1.82) is 0 Å². The molecule has 1 fully saturated rings. The summed E-state index contributed by atoms with van der Waals surface area (Å²) in [6, 6.07) is 16.8. The molecule has 2 aromatic carbocycles. The summed E-state index contributed by atoms with van der Waals surface area (Å²) in [7, 11) is -3.44. The standard InChI is InChI=1S/C20H24N2O3S/c1-16-8-5-6-9-18(16)15-26(24,25)22-13-7-10-17(14-22)20(23)21-19-11-3-2-4-12-19/h2-6,8-9,11-12,17H,7,10,13-15H2,1H3,(H,21,23). The Bertz CT molecular complexity index is 866. The number of carbonyl (C=O) groups excluding carboxylic acids is 1. The molecule has 1 unspecified atom stereocenters. The van der Waals surface area contributed by atoms with Crippen molar-refractivity contribution < 1.29 is 13.2 Å². The minimum Gasteiger partial charge on any atom is -0.326 e. The molecule has 6 heteroatoms. The van der Waals surface area contributed by atoms with Crippen LogP contribution in [0.15, 0.2) is 54.6 Å². The number of sulfonamides is 1. The number of para-hydroxylation sites is 1. The molecule has 1 atom stereocenters. The Labute approximate surface area is 155 Å². The monoisotopic (exact) mass is 372 g/mol. The average Bonchev–Trinajstić information content (AvgIpc) is 2.64. The first kappa shape index (κ1) is 18.6. The molecule has 0 aromatic heterocycles. The van der Waals surface area contributed by atoms with Gasteiger partial charge in [-0.15, -0.1) is 0 Å². The van der Waals surface area contributed by atoms with Crippen molar-refractivity contribution in [2.45, 2.75) is 25.5 Å². The van der Waals surface area contributed by atoms with Gasteiger partial charge >= 0.3 is 0 Å². The van der Waals surface area contributed by atoms with Gasteiger partial charge in [0.25, 0.3) is 0 Å². The van der Waals surface area contributed by atoms with E-state index in [0.717, 1.165) is 16.8 Å². The van der Waals surface area contributed by atoms with Crippen molar-refractivity contribution in [1.82, 2.24) is 4.31 Å². The van der Waals surface area contributed by atoms with Crippen molar-refractivity contribution in [3.8, 4) is 0 Å². The van der Waals surface area contributed by atoms with Crippen LogP contribution in [-0.4, -0.2) is 31.7 Å². The van der Waals surface area contributed by atoms with Crippen molar-refractivity contribution >= 4 is 21.6 Å². The van der Waals surface area contributed by atoms with Crippen LogP contribution in [0.25, 0.3) is 0 Å². The van der Waals surface area contributed by atoms with Crippen molar-refractivity contribution in [2.75, 3.05) is 18.4 Å². The summed E-state index contributed by atoms with van der Waals surface area (Å²) in [5.74, 6) is -0.463. The molecule has 2 aromatic rings. The van der Waals surface area contributed by atoms with Gasteiger partial charge in [0, 0.05) is 18.8 Å². The highest BCUT2D eigenvalue weighted by Crippen LogP contribution is 2.23. The van der Waals surface area contributed by atoms with Crippen molar-refractivity contribution in [3.05, 3.63) is 65.7 Å². The predicted molar refractivity (Wildman–Crippen MR) is 103 cm³/mol. The lowest BCUT2D eigenvalue weighted by atomic mass is 9.99. The lowest BCUT2D eigenvalue weighted by Gasteiger charge is -2.31. The van der Waals surface area contributed by atoms with Crippen LogP contribution in [0.1, 0.15) is 24.0 Å². The Hall–Kier alpha value is -2.18. The second-order valence-electron chi connectivity index (χ2n) is 6.74. The molecule has 138 valence electrons. The number of nitrogens with zero attached hydrogens (tertiary/aromatic N) is 1. The normalized spacial score (nSPS) is 18.4. The van der Waals surface area contributed by atoms with Gasteiger partial charge in [0.05, 0.1) is 11.7 Å². The Morgan fingerprint density at radius 2 is 1.81 bits per heavy atom. The number of piperidine rings is 1. The second kappa shape index (κ2) is 8.01. The van der Waals surface area contributed by atoms with E-state index < -0.39 is 10.0 Å². The summed E-state index contributed by atoms with van der Waals surface area (Å²) >= 11 is 0. The van der Waals surface area contributed by atoms with Gasteiger partial charge < -0.3 is 5.32 Å². The molecule has 0 saturated carbocycles. The molecule has 1 amide bonds. The molecule has 1 N–H and O–H groups in total. The highest BCUT2D eigenvalue weighted by atomic mass is 32.2. The summed E-state index contributed by atoms with van der Waals surface area (Å²) in [6.45, 7) is 2.63. The Balaban J connectivity index is 1.67. The van der Waals surface area contributed by atoms with E-state index in [1.165, 1.54) is 4.31 Å². The molecule has 3 rings (SSSR count). The number of benzene rings is 2. The maximum absolute atomic E-state index is 12.8. The van der Waals surface area contributed by atoms with Gasteiger partial charge in [0.2, 0.25) is 15.9 Å². The number of rotatable bonds is 5. The van der Waals surface area contributed by atoms with Crippen LogP contribution >= 0.6 is 0 Å². The zero-order valence-corrected chi connectivity index (χ0v) is 15.7. The fraction of sp³-hybridized carbons (Fsp3) is 0.350. The molecule has 26 heavy (non-hydrogen) atoms. The van der Waals surface area contributed by atoms with Crippen LogP contribution in [0.2, 0.25) is 0 Å². The molecule has 1 saturated heterocycles. The number of carbonyl (C=O) groups is 1. The van der Waals surface area contributed by atoms with Gasteiger partial charge in [-0.1, -0.05) is 42.5 Å². The minimum absolute atomic E-state index is 0.0211. The highest BCUT2D eigenvalue weighted by Gasteiger charge is 2.32. The topological polar surface area (TPSA) is 66.5 Å². The zero-order chi connectivity index (χ0) is 18.6. The number of hydrogen-bond donors (Lipinski definition) is 1. The largest absolute Gasteiger partial charge is 0.326 e. The third-order valence-electron chi connectivity index (χ3n) is 4.79. The van der Waals surface area contributed by atoms with E-state index in [1.54, 1.807) is 0 Å². The van der Waals surface area contributed by atoms with E-state index in [0.29, 0.717) is 19.4 Å². The van der Waals surface area contributed by atoms with Crippen LogP contribution in [-0.2, 0) is 20.6 Å². The molecule has 0 radical (unpaired) electrons. The zero-order valence-electron chi connectivity index (χ0n) is 14.9. The van der Waals surface area contributed by atoms with Crippen LogP contribution in [0.5, 0.6) is 0 Å². The van der Waals surface area contributed by atoms with E-state index in [9.17, 15) is 13.2 Å². The van der Waals surface area contributed by atoms with E-state index in [4.69, 9.17) is 0 Å². The fourth-order valence-electron chi connectivity index (χ4n) is 3.23. The average molecular weight is 372 g/mol. The van der Waals surface area contributed by atoms with Crippen molar-refractivity contribution in [2.24, 2.45) is 5.92 Å². The van der Waals surface area contributed by atoms with Crippen LogP contribution in [0, 0.1) is 12.8 Å². The van der Waals surface area contributed by atoms with Gasteiger partial charge in [-0.2, -0.15) is 0 Å². The van der Waals surface area contributed by atoms with Gasteiger partial charge in [0.1, 0.15) is 0 Å². The van der Waals surface area contributed by atoms with Crippen LogP contribution in [0.3, 0.4) is 0 Å². The number of amides is 1. The smallest absolute Gasteiger partial charge is 0.228 e. The highest BCUT2D eigenvalue weighted by molar-refractivity contribution is 7.88. The lowest BCUT2D eigenvalue weighted by molar-refractivity contribution is -0.120.